The van der Waals surface area contributed by atoms with Crippen molar-refractivity contribution < 1.29 is 4.39 Å². The molecule has 4 heteroatoms. The van der Waals surface area contributed by atoms with Crippen LogP contribution in [0.25, 0.3) is 11.0 Å². The number of hydrogen-bond donors (Lipinski definition) is 1. The Morgan fingerprint density at radius 2 is 1.94 bits per heavy atom. The molecule has 1 N–H and O–H groups in total. The highest BCUT2D eigenvalue weighted by Gasteiger charge is 2.42. The summed E-state index contributed by atoms with van der Waals surface area (Å²) < 4.78 is 13.7. The molecular formula is C28H31FN3. The Kier molecular flexibility index (Phi) is 4.99. The van der Waals surface area contributed by atoms with Crippen LogP contribution in [0.5, 0.6) is 0 Å². The lowest BCUT2D eigenvalue weighted by atomic mass is 9.85. The standard InChI is InChI=1S/C28H31FN3/c1-17-8-12-24-26(20(17)4)31-27(30-24)28(5)13-6-14-32(28)25-16-21(9-7-18(25)2)23-11-10-22(29)15-19(23)3/h7-8,10-12,15,21H,6,9,13-14H2,1-5H3,(H,30,31)/t21?,28-/m0/s1. The smallest absolute Gasteiger partial charge is 0.132 e. The van der Waals surface area contributed by atoms with Gasteiger partial charge in [0.15, 0.2) is 0 Å². The van der Waals surface area contributed by atoms with Gasteiger partial charge < -0.3 is 9.88 Å². The van der Waals surface area contributed by atoms with Gasteiger partial charge in [0, 0.05) is 18.2 Å². The average molecular weight is 429 g/mol. The van der Waals surface area contributed by atoms with Crippen LogP contribution in [0.15, 0.2) is 47.7 Å². The van der Waals surface area contributed by atoms with Crippen LogP contribution in [0.4, 0.5) is 4.39 Å². The maximum absolute atomic E-state index is 13.7. The molecule has 1 aliphatic heterocycles. The Bertz CT molecular complexity index is 1270. The molecule has 3 aromatic rings. The van der Waals surface area contributed by atoms with Gasteiger partial charge >= 0.3 is 0 Å². The minimum atomic E-state index is -0.212. The first-order chi connectivity index (χ1) is 15.3. The SMILES string of the molecule is CC1=CCC(c2ccc(F)cc2C)[C]=C1N1CCC[C@@]1(C)c1nc2c(C)c(C)ccc2[nH]1. The first-order valence-corrected chi connectivity index (χ1v) is 11.6. The quantitative estimate of drug-likeness (QED) is 0.500. The lowest BCUT2D eigenvalue weighted by molar-refractivity contribution is 0.197. The number of imidazole rings is 1. The number of likely N-dealkylation sites (tertiary alicyclic amines) is 1. The zero-order chi connectivity index (χ0) is 22.6. The predicted octanol–water partition coefficient (Wildman–Crippen LogP) is 6.76. The number of H-pyrrole nitrogens is 1. The topological polar surface area (TPSA) is 31.9 Å². The van der Waals surface area contributed by atoms with Crippen LogP contribution in [-0.4, -0.2) is 21.4 Å². The highest BCUT2D eigenvalue weighted by Crippen LogP contribution is 2.44. The lowest BCUT2D eigenvalue weighted by Gasteiger charge is -2.39. The number of nitrogens with one attached hydrogen (secondary N) is 1. The van der Waals surface area contributed by atoms with Crippen molar-refractivity contribution in [2.45, 2.75) is 65.3 Å². The van der Waals surface area contributed by atoms with Crippen LogP contribution in [0.3, 0.4) is 0 Å². The Morgan fingerprint density at radius 3 is 2.72 bits per heavy atom. The molecule has 0 spiro atoms. The van der Waals surface area contributed by atoms with E-state index in [2.05, 4.69) is 61.9 Å². The van der Waals surface area contributed by atoms with Crippen molar-refractivity contribution in [3.63, 3.8) is 0 Å². The van der Waals surface area contributed by atoms with Gasteiger partial charge in [0.1, 0.15) is 11.6 Å². The second kappa shape index (κ2) is 7.61. The summed E-state index contributed by atoms with van der Waals surface area (Å²) in [5.41, 5.74) is 9.04. The Balaban J connectivity index is 1.56. The third-order valence-electron chi connectivity index (χ3n) is 7.55. The van der Waals surface area contributed by atoms with Crippen LogP contribution in [0.2, 0.25) is 0 Å². The van der Waals surface area contributed by atoms with Crippen molar-refractivity contribution in [3.8, 4) is 0 Å². The van der Waals surface area contributed by atoms with E-state index in [-0.39, 0.29) is 17.3 Å². The molecule has 1 aromatic heterocycles. The molecule has 2 atom stereocenters. The third kappa shape index (κ3) is 3.28. The summed E-state index contributed by atoms with van der Waals surface area (Å²) in [5, 5.41) is 0. The number of aromatic nitrogens is 2. The lowest BCUT2D eigenvalue weighted by Crippen LogP contribution is -2.40. The third-order valence-corrected chi connectivity index (χ3v) is 7.55. The number of fused-ring (bicyclic) bond motifs is 1. The number of hydrogen-bond acceptors (Lipinski definition) is 2. The maximum atomic E-state index is 13.7. The molecule has 1 radical (unpaired) electrons. The van der Waals surface area contributed by atoms with Crippen molar-refractivity contribution in [1.29, 1.82) is 0 Å². The van der Waals surface area contributed by atoms with Gasteiger partial charge in [-0.15, -0.1) is 0 Å². The number of allylic oxidation sites excluding steroid dienone is 3. The van der Waals surface area contributed by atoms with Gasteiger partial charge in [0.05, 0.1) is 16.6 Å². The summed E-state index contributed by atoms with van der Waals surface area (Å²) >= 11 is 0. The molecule has 0 saturated carbocycles. The maximum Gasteiger partial charge on any atom is 0.132 e. The molecule has 0 bridgehead atoms. The van der Waals surface area contributed by atoms with Gasteiger partial charge in [-0.3, -0.25) is 0 Å². The predicted molar refractivity (Wildman–Crippen MR) is 128 cm³/mol. The van der Waals surface area contributed by atoms with E-state index in [0.29, 0.717) is 0 Å². The molecule has 2 aromatic carbocycles. The molecule has 2 heterocycles. The fraction of sp³-hybridized carbons (Fsp3) is 0.393. The van der Waals surface area contributed by atoms with Gasteiger partial charge in [-0.2, -0.15) is 0 Å². The summed E-state index contributed by atoms with van der Waals surface area (Å²) in [6.45, 7) is 11.7. The molecule has 165 valence electrons. The van der Waals surface area contributed by atoms with Gasteiger partial charge in [0.25, 0.3) is 0 Å². The van der Waals surface area contributed by atoms with E-state index >= 15 is 0 Å². The van der Waals surface area contributed by atoms with Crippen LogP contribution < -0.4 is 0 Å². The number of benzene rings is 2. The normalized spacial score (nSPS) is 23.6. The fourth-order valence-electron chi connectivity index (χ4n) is 5.39. The fourth-order valence-corrected chi connectivity index (χ4v) is 5.39. The Labute approximate surface area is 190 Å². The molecule has 3 nitrogen and oxygen atoms in total. The molecule has 1 aliphatic carbocycles. The minimum Gasteiger partial charge on any atom is -0.358 e. The summed E-state index contributed by atoms with van der Waals surface area (Å²) in [6.07, 6.45) is 9.18. The molecule has 1 unspecified atom stereocenters. The Morgan fingerprint density at radius 1 is 1.12 bits per heavy atom. The number of rotatable bonds is 3. The van der Waals surface area contributed by atoms with Gasteiger partial charge in [-0.25, -0.2) is 9.37 Å². The second-order valence-corrected chi connectivity index (χ2v) is 9.69. The van der Waals surface area contributed by atoms with Gasteiger partial charge in [-0.05, 0) is 106 Å². The van der Waals surface area contributed by atoms with E-state index in [1.165, 1.54) is 22.4 Å². The summed E-state index contributed by atoms with van der Waals surface area (Å²) in [7, 11) is 0. The van der Waals surface area contributed by atoms with Crippen molar-refractivity contribution >= 4 is 11.0 Å². The van der Waals surface area contributed by atoms with Crippen molar-refractivity contribution in [1.82, 2.24) is 14.9 Å². The van der Waals surface area contributed by atoms with E-state index in [1.807, 2.05) is 13.0 Å². The van der Waals surface area contributed by atoms with E-state index in [0.717, 1.165) is 53.8 Å². The van der Waals surface area contributed by atoms with E-state index in [4.69, 9.17) is 4.98 Å². The van der Waals surface area contributed by atoms with Gasteiger partial charge in [0.2, 0.25) is 0 Å². The van der Waals surface area contributed by atoms with Gasteiger partial charge in [-0.1, -0.05) is 18.2 Å². The van der Waals surface area contributed by atoms with Crippen LogP contribution >= 0.6 is 0 Å². The zero-order valence-corrected chi connectivity index (χ0v) is 19.6. The van der Waals surface area contributed by atoms with Crippen LogP contribution in [-0.2, 0) is 5.54 Å². The number of aromatic amines is 1. The first-order valence-electron chi connectivity index (χ1n) is 11.6. The van der Waals surface area contributed by atoms with E-state index < -0.39 is 0 Å². The monoisotopic (exact) mass is 428 g/mol. The summed E-state index contributed by atoms with van der Waals surface area (Å²) in [4.78, 5) is 11.2. The zero-order valence-electron chi connectivity index (χ0n) is 19.6. The van der Waals surface area contributed by atoms with Crippen molar-refractivity contribution in [3.05, 3.63) is 87.6 Å². The second-order valence-electron chi connectivity index (χ2n) is 9.69. The largest absolute Gasteiger partial charge is 0.358 e. The van der Waals surface area contributed by atoms with Crippen LogP contribution in [0, 0.1) is 32.7 Å². The first kappa shape index (κ1) is 21.0. The highest BCUT2D eigenvalue weighted by atomic mass is 19.1. The van der Waals surface area contributed by atoms with Crippen molar-refractivity contribution in [2.75, 3.05) is 6.54 Å². The highest BCUT2D eigenvalue weighted by molar-refractivity contribution is 5.80. The molecular weight excluding hydrogens is 397 g/mol. The number of halogens is 1. The van der Waals surface area contributed by atoms with Crippen LogP contribution in [0.1, 0.15) is 67.1 Å². The van der Waals surface area contributed by atoms with Crippen molar-refractivity contribution in [2.24, 2.45) is 0 Å². The summed E-state index contributed by atoms with van der Waals surface area (Å²) in [5.74, 6) is 0.987. The number of nitrogens with zero attached hydrogens (tertiary/aromatic N) is 2. The molecule has 5 rings (SSSR count). The average Bonchev–Trinajstić information content (AvgIpc) is 3.37. The Hall–Kier alpha value is -2.88. The minimum absolute atomic E-state index is 0.139. The number of aryl methyl sites for hydroxylation is 3. The summed E-state index contributed by atoms with van der Waals surface area (Å²) in [6, 6.07) is 9.41. The molecule has 1 saturated heterocycles. The van der Waals surface area contributed by atoms with E-state index in [9.17, 15) is 4.39 Å². The molecule has 2 aliphatic rings. The van der Waals surface area contributed by atoms with E-state index in [1.54, 1.807) is 12.1 Å². The molecule has 0 amide bonds. The molecule has 1 fully saturated rings. The molecule has 32 heavy (non-hydrogen) atoms.